The molecule has 6 aromatic heterocycles. The lowest BCUT2D eigenvalue weighted by Gasteiger charge is -2.20. The summed E-state index contributed by atoms with van der Waals surface area (Å²) in [5.41, 5.74) is 3.83. The number of furan rings is 2. The summed E-state index contributed by atoms with van der Waals surface area (Å²) in [6, 6.07) is 17.6. The number of fused-ring (bicyclic) bond motifs is 6. The molecule has 2 atom stereocenters. The Bertz CT molecular complexity index is 2820. The lowest BCUT2D eigenvalue weighted by atomic mass is 9.93. The summed E-state index contributed by atoms with van der Waals surface area (Å²) in [6.45, 7) is 4.07. The second kappa shape index (κ2) is 14.6. The fourth-order valence-corrected chi connectivity index (χ4v) is 9.92. The lowest BCUT2D eigenvalue weighted by Crippen LogP contribution is -2.22. The minimum atomic E-state index is -4.80. The Morgan fingerprint density at radius 1 is 0.702 bits per heavy atom. The van der Waals surface area contributed by atoms with Gasteiger partial charge in [0.1, 0.15) is 50.1 Å². The van der Waals surface area contributed by atoms with E-state index in [1.807, 2.05) is 50.2 Å². The van der Waals surface area contributed by atoms with Gasteiger partial charge in [-0.25, -0.2) is 0 Å². The third-order valence-electron chi connectivity index (χ3n) is 10.1. The van der Waals surface area contributed by atoms with Crippen molar-refractivity contribution >= 4 is 75.6 Å². The molecule has 8 rings (SSSR count). The molecule has 0 saturated heterocycles. The molecule has 1 N–H and O–H groups in total. The van der Waals surface area contributed by atoms with Crippen LogP contribution in [0.4, 0.5) is 26.3 Å². The molecule has 6 heterocycles. The quantitative estimate of drug-likeness (QED) is 0.0697. The van der Waals surface area contributed by atoms with Crippen LogP contribution in [-0.2, 0) is 23.2 Å². The van der Waals surface area contributed by atoms with Gasteiger partial charge in [0.05, 0.1) is 17.8 Å². The van der Waals surface area contributed by atoms with Crippen molar-refractivity contribution in [1.82, 2.24) is 19.6 Å². The van der Waals surface area contributed by atoms with Gasteiger partial charge in [0.25, 0.3) is 0 Å². The topological polar surface area (TPSA) is 116 Å². The zero-order chi connectivity index (χ0) is 40.4. The van der Waals surface area contributed by atoms with Crippen LogP contribution >= 0.6 is 22.7 Å². The van der Waals surface area contributed by atoms with E-state index in [2.05, 4.69) is 10.2 Å². The molecular formula is C39H34F6N4O5S3. The second-order valence-electron chi connectivity index (χ2n) is 14.3. The second-order valence-corrected chi connectivity index (χ2v) is 17.9. The minimum absolute atomic E-state index is 0.0233. The van der Waals surface area contributed by atoms with E-state index >= 15 is 0 Å². The number of thiophene rings is 2. The molecule has 0 saturated carbocycles. The van der Waals surface area contributed by atoms with E-state index in [1.165, 1.54) is 20.7 Å². The first-order valence-corrected chi connectivity index (χ1v) is 21.1. The molecule has 57 heavy (non-hydrogen) atoms. The summed E-state index contributed by atoms with van der Waals surface area (Å²) in [7, 11) is -4.62. The van der Waals surface area contributed by atoms with Gasteiger partial charge in [-0.1, -0.05) is 78.9 Å². The predicted molar refractivity (Wildman–Crippen MR) is 206 cm³/mol. The van der Waals surface area contributed by atoms with Crippen molar-refractivity contribution in [2.45, 2.75) is 87.4 Å². The number of rotatable bonds is 13. The van der Waals surface area contributed by atoms with E-state index in [-0.39, 0.29) is 65.0 Å². The number of hydrogen-bond donors (Lipinski definition) is 1. The van der Waals surface area contributed by atoms with Crippen molar-refractivity contribution in [3.63, 3.8) is 0 Å². The van der Waals surface area contributed by atoms with Gasteiger partial charge in [0.2, 0.25) is 0 Å². The van der Waals surface area contributed by atoms with Gasteiger partial charge in [0.15, 0.2) is 15.4 Å². The van der Waals surface area contributed by atoms with Crippen LogP contribution in [0.25, 0.3) is 42.8 Å². The summed E-state index contributed by atoms with van der Waals surface area (Å²) >= 11 is 1.99. The third kappa shape index (κ3) is 7.71. The highest BCUT2D eigenvalue weighted by atomic mass is 32.3. The summed E-state index contributed by atoms with van der Waals surface area (Å²) in [6.07, 6.45) is -10.5. The monoisotopic (exact) mass is 848 g/mol. The Balaban J connectivity index is 1.05. The van der Waals surface area contributed by atoms with Crippen LogP contribution in [0.15, 0.2) is 79.1 Å². The number of aromatic nitrogens is 4. The molecule has 0 aliphatic carbocycles. The Hall–Kier alpha value is -4.65. The number of benzene rings is 2. The van der Waals surface area contributed by atoms with Crippen molar-refractivity contribution in [3.8, 4) is 0 Å². The van der Waals surface area contributed by atoms with E-state index in [0.29, 0.717) is 32.7 Å². The molecule has 300 valence electrons. The highest BCUT2D eigenvalue weighted by Crippen LogP contribution is 2.47. The number of unbranched alkanes of at least 4 members (excludes halogenated alkanes) is 2. The molecule has 0 fully saturated rings. The summed E-state index contributed by atoms with van der Waals surface area (Å²) in [5.74, 6) is -4.15. The van der Waals surface area contributed by atoms with Crippen LogP contribution in [0, 0.1) is 13.8 Å². The van der Waals surface area contributed by atoms with Crippen LogP contribution in [-0.4, -0.2) is 44.9 Å². The molecular weight excluding hydrogens is 815 g/mol. The number of hydrogen-bond acceptors (Lipinski definition) is 8. The molecule has 0 radical (unpaired) electrons. The van der Waals surface area contributed by atoms with E-state index in [9.17, 15) is 39.3 Å². The van der Waals surface area contributed by atoms with Gasteiger partial charge in [-0.3, -0.25) is 13.9 Å². The largest absolute Gasteiger partial charge is 0.451 e. The first kappa shape index (κ1) is 39.2. The number of aryl methyl sites for hydroxylation is 2. The van der Waals surface area contributed by atoms with Crippen molar-refractivity contribution in [3.05, 3.63) is 99.7 Å². The summed E-state index contributed by atoms with van der Waals surface area (Å²) in [5, 5.41) is 10.6. The van der Waals surface area contributed by atoms with Crippen molar-refractivity contribution < 1.29 is 48.1 Å². The predicted octanol–water partition coefficient (Wildman–Crippen LogP) is 11.9. The maximum Gasteiger partial charge on any atom is 0.397 e. The Kier molecular flexibility index (Phi) is 10.1. The van der Waals surface area contributed by atoms with E-state index in [4.69, 9.17) is 8.83 Å². The Labute approximate surface area is 329 Å². The number of nitrogens with zero attached hydrogens (tertiary/aromatic N) is 4. The Morgan fingerprint density at radius 3 is 1.65 bits per heavy atom. The van der Waals surface area contributed by atoms with Crippen LogP contribution in [0.2, 0.25) is 0 Å². The van der Waals surface area contributed by atoms with E-state index < -0.39 is 57.1 Å². The standard InChI is InChI=1S/C39H34F6N4O5S3/c1-21-8-12-23(13-9-21)19-48-32-34(53-27-16-17-55-36(27)32)30(46-48)25(38(40,41)42)6-4-3-5-7-26(39(43,44)45)31-35-33(37-28(54-35)18-29(56-37)57(50,51)52)49(47-31)20-24-14-10-22(2)11-15-24/h8-18,25-26H,3-7,19-20H2,1-2H3,(H,50,51,52). The van der Waals surface area contributed by atoms with E-state index in [0.717, 1.165) is 22.8 Å². The fraction of sp³-hybridized carbons (Fsp3) is 0.333. The SMILES string of the molecule is Cc1ccc(Cn2nc(C(CCCCCC(c3nn(Cc4ccc(C)cc4)c4c3oc3cc(S(=O)(=O)O)sc34)C(F)(F)F)C(F)(F)F)c3oc4ccsc4c32)cc1. The smallest absolute Gasteiger partial charge is 0.397 e. The zero-order valence-corrected chi connectivity index (χ0v) is 32.8. The minimum Gasteiger partial charge on any atom is -0.451 e. The molecule has 0 amide bonds. The van der Waals surface area contributed by atoms with Gasteiger partial charge in [-0.15, -0.1) is 22.7 Å². The van der Waals surface area contributed by atoms with Crippen molar-refractivity contribution in [2.75, 3.05) is 0 Å². The van der Waals surface area contributed by atoms with Gasteiger partial charge in [-0.05, 0) is 49.3 Å². The first-order chi connectivity index (χ1) is 27.0. The maximum absolute atomic E-state index is 14.8. The molecule has 0 aliphatic heterocycles. The zero-order valence-electron chi connectivity index (χ0n) is 30.3. The summed E-state index contributed by atoms with van der Waals surface area (Å²) in [4.78, 5) is 0. The molecule has 0 spiro atoms. The normalized spacial score (nSPS) is 14.2. The molecule has 2 unspecified atom stereocenters. The highest BCUT2D eigenvalue weighted by molar-refractivity contribution is 7.88. The van der Waals surface area contributed by atoms with Gasteiger partial charge >= 0.3 is 22.5 Å². The number of halogens is 6. The first-order valence-electron chi connectivity index (χ1n) is 18.0. The van der Waals surface area contributed by atoms with Gasteiger partial charge < -0.3 is 8.83 Å². The van der Waals surface area contributed by atoms with Crippen molar-refractivity contribution in [1.29, 1.82) is 0 Å². The number of alkyl halides is 6. The van der Waals surface area contributed by atoms with Crippen LogP contribution in [0.3, 0.4) is 0 Å². The van der Waals surface area contributed by atoms with Gasteiger partial charge in [0, 0.05) is 6.07 Å². The molecule has 9 nitrogen and oxygen atoms in total. The molecule has 2 aromatic carbocycles. The summed E-state index contributed by atoms with van der Waals surface area (Å²) < 4.78 is 137. The third-order valence-corrected chi connectivity index (χ3v) is 13.5. The maximum atomic E-state index is 14.8. The molecule has 8 aromatic rings. The average molecular weight is 849 g/mol. The lowest BCUT2D eigenvalue weighted by molar-refractivity contribution is -0.153. The highest BCUT2D eigenvalue weighted by Gasteiger charge is 2.46. The van der Waals surface area contributed by atoms with Crippen molar-refractivity contribution in [2.24, 2.45) is 0 Å². The molecule has 0 bridgehead atoms. The average Bonchev–Trinajstić information content (AvgIpc) is 3.96. The van der Waals surface area contributed by atoms with E-state index in [1.54, 1.807) is 23.6 Å². The fourth-order valence-electron chi connectivity index (χ4n) is 7.26. The Morgan fingerprint density at radius 2 is 1.18 bits per heavy atom. The molecule has 18 heteroatoms. The van der Waals surface area contributed by atoms with Gasteiger partial charge in [-0.2, -0.15) is 45.0 Å². The van der Waals surface area contributed by atoms with Crippen LogP contribution in [0.1, 0.15) is 77.6 Å². The van der Waals surface area contributed by atoms with Crippen LogP contribution in [0.5, 0.6) is 0 Å². The van der Waals surface area contributed by atoms with Crippen LogP contribution < -0.4 is 0 Å². The molecule has 0 aliphatic rings.